The van der Waals surface area contributed by atoms with Crippen LogP contribution in [-0.2, 0) is 9.31 Å². The van der Waals surface area contributed by atoms with Crippen molar-refractivity contribution >= 4 is 160 Å². The van der Waals surface area contributed by atoms with Crippen molar-refractivity contribution in [1.82, 2.24) is 29.9 Å². The van der Waals surface area contributed by atoms with E-state index in [1.54, 1.807) is 0 Å². The molecule has 0 unspecified atom stereocenters. The van der Waals surface area contributed by atoms with E-state index in [-0.39, 0.29) is 0 Å². The fourth-order valence-electron chi connectivity index (χ4n) is 15.2. The number of rotatable bonds is 8. The maximum Gasteiger partial charge on any atom is 0.494 e. The van der Waals surface area contributed by atoms with Gasteiger partial charge < -0.3 is 35.8 Å². The minimum atomic E-state index is -0.451. The zero-order chi connectivity index (χ0) is 74.9. The SMILES string of the molecule is Brc1ccc2oc3ccccc3c2c1.CC1(C)OB(c2ccc3oc4cc(-c5nc(-c6ccccc6)nc(-c6ccc7c(c6)oc6ccccc67)n5)ccc4c3c2)OC1(C)C.c1ccc(-c2nc(-c3ccc4c(c3)oc3ccccc34)nc(-c3ccc4c(c3)oc3ccc(-c5ccc6oc7ccccc7c6c5)cc34)n2)cc1. The Morgan fingerprint density at radius 3 is 0.848 bits per heavy atom. The second-order valence-corrected chi connectivity index (χ2v) is 30.1. The predicted octanol–water partition coefficient (Wildman–Crippen LogP) is 25.6. The standard InChI is InChI=1S/C45H25N3O3.C39H30BN3O4.C12H7BrO/c1-2-8-26(9-3-1)43-46-44(29-14-18-33-31-10-4-6-12-37(31)50-41(33)24-29)48-45(47-43)30-15-19-34-36-23-28(17-21-40(36)51-42(34)25-30)27-16-20-39-35(22-27)32-11-5-7-13-38(32)49-39;1-38(2)39(3,4)47-40(46-38)26-16-19-32-30(22-26)29-18-15-25(21-34(29)45-32)37-42-35(23-10-6-5-7-11-23)41-36(43-37)24-14-17-28-27-12-8-9-13-31(27)44-33(28)20-24;13-8-5-6-12-10(7-8)9-3-1-2-4-11(9)14-12/h1-25H;5-22H,1-4H3;1-7H. The molecule has 23 rings (SSSR count). The van der Waals surface area contributed by atoms with Gasteiger partial charge in [-0.3, -0.25) is 0 Å². The summed E-state index contributed by atoms with van der Waals surface area (Å²) in [5.74, 6) is 3.43. The van der Waals surface area contributed by atoms with Crippen LogP contribution in [0.5, 0.6) is 0 Å². The molecule has 0 N–H and O–H groups in total. The van der Waals surface area contributed by atoms with E-state index in [1.165, 1.54) is 5.39 Å². The van der Waals surface area contributed by atoms with Crippen molar-refractivity contribution in [2.24, 2.45) is 0 Å². The predicted molar refractivity (Wildman–Crippen MR) is 451 cm³/mol. The van der Waals surface area contributed by atoms with Gasteiger partial charge >= 0.3 is 7.12 Å². The van der Waals surface area contributed by atoms with Gasteiger partial charge in [0.05, 0.1) is 11.2 Å². The van der Waals surface area contributed by atoms with E-state index >= 15 is 0 Å². The third-order valence-electron chi connectivity index (χ3n) is 21.7. The fraction of sp³-hybridized carbons (Fsp3) is 0.0625. The molecule has 534 valence electrons. The molecular formula is C96H62BBrN6O8. The van der Waals surface area contributed by atoms with Gasteiger partial charge in [-0.15, -0.1) is 0 Å². The molecule has 0 radical (unpaired) electrons. The zero-order valence-electron chi connectivity index (χ0n) is 60.8. The number of halogens is 1. The molecule has 16 heteroatoms. The van der Waals surface area contributed by atoms with Crippen molar-refractivity contribution in [2.75, 3.05) is 0 Å². The average molecular weight is 1520 g/mol. The summed E-state index contributed by atoms with van der Waals surface area (Å²) in [7, 11) is -0.451. The first-order chi connectivity index (χ1) is 54.8. The Hall–Kier alpha value is -13.6. The number of furan rings is 6. The van der Waals surface area contributed by atoms with Gasteiger partial charge in [-0.25, -0.2) is 29.9 Å². The maximum absolute atomic E-state index is 6.43. The molecule has 0 amide bonds. The fourth-order valence-corrected chi connectivity index (χ4v) is 15.6. The Balaban J connectivity index is 0.000000121. The Morgan fingerprint density at radius 1 is 0.214 bits per heavy atom. The number of para-hydroxylation sites is 4. The van der Waals surface area contributed by atoms with E-state index in [0.717, 1.165) is 181 Å². The molecule has 1 aliphatic rings. The summed E-state index contributed by atoms with van der Waals surface area (Å²) in [6, 6.07) is 102. The minimum Gasteiger partial charge on any atom is -0.456 e. The van der Waals surface area contributed by atoms with Crippen molar-refractivity contribution in [1.29, 1.82) is 0 Å². The van der Waals surface area contributed by atoms with Crippen LogP contribution in [0.1, 0.15) is 27.7 Å². The molecule has 0 saturated carbocycles. The summed E-state index contributed by atoms with van der Waals surface area (Å²) < 4.78 is 50.6. The van der Waals surface area contributed by atoms with Gasteiger partial charge in [0.15, 0.2) is 34.9 Å². The normalized spacial score (nSPS) is 13.5. The van der Waals surface area contributed by atoms with E-state index in [1.807, 2.05) is 206 Å². The summed E-state index contributed by atoms with van der Waals surface area (Å²) in [5.41, 5.74) is 17.6. The van der Waals surface area contributed by atoms with Crippen LogP contribution < -0.4 is 5.46 Å². The van der Waals surface area contributed by atoms with Crippen LogP contribution in [0, 0.1) is 0 Å². The molecule has 9 heterocycles. The lowest BCUT2D eigenvalue weighted by molar-refractivity contribution is 0.00578. The highest BCUT2D eigenvalue weighted by molar-refractivity contribution is 9.10. The van der Waals surface area contributed by atoms with Crippen LogP contribution >= 0.6 is 15.9 Å². The summed E-state index contributed by atoms with van der Waals surface area (Å²) >= 11 is 3.46. The van der Waals surface area contributed by atoms with E-state index in [4.69, 9.17) is 65.7 Å². The number of hydrogen-bond acceptors (Lipinski definition) is 14. The molecule has 0 aliphatic carbocycles. The van der Waals surface area contributed by atoms with Gasteiger partial charge in [0, 0.05) is 102 Å². The number of fused-ring (bicyclic) bond motifs is 18. The molecule has 1 saturated heterocycles. The first-order valence-electron chi connectivity index (χ1n) is 37.0. The second-order valence-electron chi connectivity index (χ2n) is 29.2. The van der Waals surface area contributed by atoms with Gasteiger partial charge in [0.25, 0.3) is 0 Å². The van der Waals surface area contributed by atoms with E-state index in [9.17, 15) is 0 Å². The quantitative estimate of drug-likeness (QED) is 0.131. The van der Waals surface area contributed by atoms with Crippen molar-refractivity contribution in [3.63, 3.8) is 0 Å². The summed E-state index contributed by atoms with van der Waals surface area (Å²) in [6.07, 6.45) is 0. The highest BCUT2D eigenvalue weighted by atomic mass is 79.9. The Kier molecular flexibility index (Phi) is 15.6. The molecule has 112 heavy (non-hydrogen) atoms. The number of aromatic nitrogens is 6. The van der Waals surface area contributed by atoms with Crippen molar-refractivity contribution in [2.45, 2.75) is 38.9 Å². The van der Waals surface area contributed by atoms with Gasteiger partial charge in [0.2, 0.25) is 0 Å². The van der Waals surface area contributed by atoms with Crippen molar-refractivity contribution in [3.05, 3.63) is 308 Å². The van der Waals surface area contributed by atoms with Crippen LogP contribution in [-0.4, -0.2) is 48.2 Å². The smallest absolute Gasteiger partial charge is 0.456 e. The second kappa shape index (κ2) is 26.3. The Morgan fingerprint density at radius 2 is 0.473 bits per heavy atom. The monoisotopic (exact) mass is 1520 g/mol. The number of hydrogen-bond donors (Lipinski definition) is 0. The van der Waals surface area contributed by atoms with Crippen LogP contribution in [0.15, 0.2) is 334 Å². The Labute approximate surface area is 647 Å². The van der Waals surface area contributed by atoms with Crippen LogP contribution in [0.4, 0.5) is 0 Å². The lowest BCUT2D eigenvalue weighted by Gasteiger charge is -2.32. The largest absolute Gasteiger partial charge is 0.494 e. The molecule has 1 aliphatic heterocycles. The third-order valence-corrected chi connectivity index (χ3v) is 22.2. The molecule has 0 spiro atoms. The van der Waals surface area contributed by atoms with Gasteiger partial charge in [-0.2, -0.15) is 0 Å². The summed E-state index contributed by atoms with van der Waals surface area (Å²) in [6.45, 7) is 8.25. The average Bonchev–Trinajstić information content (AvgIpc) is 1.54. The molecule has 1 fully saturated rings. The first-order valence-corrected chi connectivity index (χ1v) is 37.8. The van der Waals surface area contributed by atoms with E-state index < -0.39 is 18.3 Å². The first kappa shape index (κ1) is 66.6. The summed E-state index contributed by atoms with van der Waals surface area (Å²) in [5, 5.41) is 12.9. The number of benzene rings is 14. The lowest BCUT2D eigenvalue weighted by atomic mass is 9.78. The molecular weight excluding hydrogens is 1460 g/mol. The topological polar surface area (TPSA) is 175 Å². The highest BCUT2D eigenvalue weighted by Gasteiger charge is 2.52. The van der Waals surface area contributed by atoms with Gasteiger partial charge in [-0.05, 0) is 166 Å². The lowest BCUT2D eigenvalue weighted by Crippen LogP contribution is -2.41. The van der Waals surface area contributed by atoms with Crippen LogP contribution in [0.25, 0.3) is 211 Å². The maximum atomic E-state index is 6.43. The molecule has 0 bridgehead atoms. The third kappa shape index (κ3) is 11.7. The van der Waals surface area contributed by atoms with Crippen molar-refractivity contribution < 1.29 is 35.8 Å². The van der Waals surface area contributed by atoms with Crippen LogP contribution in [0.2, 0.25) is 0 Å². The molecule has 8 aromatic heterocycles. The van der Waals surface area contributed by atoms with Gasteiger partial charge in [-0.1, -0.05) is 198 Å². The van der Waals surface area contributed by atoms with Crippen molar-refractivity contribution in [3.8, 4) is 79.5 Å². The highest BCUT2D eigenvalue weighted by Crippen LogP contribution is 2.42. The minimum absolute atomic E-state index is 0.417. The molecule has 14 nitrogen and oxygen atoms in total. The Bertz CT molecular complexity index is 7510. The molecule has 0 atom stereocenters. The zero-order valence-corrected chi connectivity index (χ0v) is 62.4. The van der Waals surface area contributed by atoms with E-state index in [0.29, 0.717) is 34.9 Å². The van der Waals surface area contributed by atoms with E-state index in [2.05, 4.69) is 141 Å². The number of nitrogens with zero attached hydrogens (tertiary/aromatic N) is 6. The summed E-state index contributed by atoms with van der Waals surface area (Å²) in [4.78, 5) is 29.7. The molecule has 14 aromatic carbocycles. The molecule has 22 aromatic rings. The van der Waals surface area contributed by atoms with Gasteiger partial charge in [0.1, 0.15) is 67.0 Å². The van der Waals surface area contributed by atoms with Crippen LogP contribution in [0.3, 0.4) is 0 Å².